The van der Waals surface area contributed by atoms with Gasteiger partial charge in [0.2, 0.25) is 0 Å². The molecule has 2 N–H and O–H groups in total. The molecule has 4 aromatic rings. The maximum atomic E-state index is 12.6. The molecule has 0 radical (unpaired) electrons. The van der Waals surface area contributed by atoms with Crippen molar-refractivity contribution in [1.29, 1.82) is 0 Å². The van der Waals surface area contributed by atoms with Gasteiger partial charge in [0, 0.05) is 38.3 Å². The van der Waals surface area contributed by atoms with E-state index in [1.54, 1.807) is 12.0 Å². The molecule has 35 heavy (non-hydrogen) atoms. The Hall–Kier alpha value is -2.84. The van der Waals surface area contributed by atoms with Gasteiger partial charge in [-0.3, -0.25) is 4.79 Å². The average Bonchev–Trinajstić information content (AvgIpc) is 3.42. The first-order valence-electron chi connectivity index (χ1n) is 11.5. The van der Waals surface area contributed by atoms with Gasteiger partial charge in [0.1, 0.15) is 10.4 Å². The molecular weight excluding hydrogens is 528 g/mol. The Morgan fingerprint density at radius 3 is 2.49 bits per heavy atom. The number of rotatable bonds is 5. The normalized spacial score (nSPS) is 14.9. The molecule has 0 bridgehead atoms. The topological polar surface area (TPSA) is 82.6 Å². The highest BCUT2D eigenvalue weighted by Gasteiger charge is 2.48. The van der Waals surface area contributed by atoms with Crippen molar-refractivity contribution in [2.45, 2.75) is 44.6 Å². The number of hydrogen-bond donors (Lipinski definition) is 2. The third-order valence-corrected chi connectivity index (χ3v) is 8.52. The van der Waals surface area contributed by atoms with Crippen LogP contribution in [0.2, 0.25) is 0 Å². The number of methoxy groups -OCH3 is 1. The van der Waals surface area contributed by atoms with Crippen LogP contribution in [0.3, 0.4) is 0 Å². The van der Waals surface area contributed by atoms with Gasteiger partial charge < -0.3 is 19.7 Å². The van der Waals surface area contributed by atoms with Crippen LogP contribution in [-0.2, 0) is 5.41 Å². The molecule has 0 spiro atoms. The van der Waals surface area contributed by atoms with E-state index in [4.69, 9.17) is 4.74 Å². The standard InChI is InChI=1S/C27H27BrN2O4S/c1-26(2,3)30(25(32)33)14-27(10-11-27)16-7-5-15(6-8-16)20-19(34-4)13-18(28)22-21(20)17-9-12-35-23(17)24(31)29-22/h5-9,12-13H,10-11,14H2,1-4H3,(H,29,31)(H,32,33). The number of amides is 1. The van der Waals surface area contributed by atoms with E-state index < -0.39 is 11.6 Å². The molecule has 8 heteroatoms. The van der Waals surface area contributed by atoms with E-state index in [-0.39, 0.29) is 11.0 Å². The number of aromatic amines is 1. The molecule has 1 aliphatic carbocycles. The van der Waals surface area contributed by atoms with Gasteiger partial charge in [-0.2, -0.15) is 0 Å². The molecule has 0 atom stereocenters. The fourth-order valence-electron chi connectivity index (χ4n) is 4.89. The minimum absolute atomic E-state index is 0.104. The van der Waals surface area contributed by atoms with Gasteiger partial charge in [0.05, 0.1) is 12.6 Å². The maximum Gasteiger partial charge on any atom is 0.407 e. The number of H-pyrrole nitrogens is 1. The zero-order valence-corrected chi connectivity index (χ0v) is 22.5. The highest BCUT2D eigenvalue weighted by atomic mass is 79.9. The van der Waals surface area contributed by atoms with Crippen LogP contribution in [0.4, 0.5) is 4.79 Å². The summed E-state index contributed by atoms with van der Waals surface area (Å²) in [5.74, 6) is 0.711. The molecule has 2 aromatic heterocycles. The molecule has 5 rings (SSSR count). The maximum absolute atomic E-state index is 12.6. The second kappa shape index (κ2) is 8.38. The Labute approximate surface area is 215 Å². The second-order valence-electron chi connectivity index (χ2n) is 10.2. The lowest BCUT2D eigenvalue weighted by Gasteiger charge is -2.36. The molecule has 1 amide bonds. The number of pyridine rings is 1. The van der Waals surface area contributed by atoms with Crippen molar-refractivity contribution >= 4 is 54.3 Å². The third-order valence-electron chi connectivity index (χ3n) is 6.98. The summed E-state index contributed by atoms with van der Waals surface area (Å²) >= 11 is 5.02. The van der Waals surface area contributed by atoms with Crippen molar-refractivity contribution < 1.29 is 14.6 Å². The number of carbonyl (C=O) groups is 1. The van der Waals surface area contributed by atoms with Gasteiger partial charge in [-0.15, -0.1) is 11.3 Å². The number of hydrogen-bond acceptors (Lipinski definition) is 4. The molecule has 0 saturated heterocycles. The Bertz CT molecular complexity index is 1510. The first kappa shape index (κ1) is 23.9. The summed E-state index contributed by atoms with van der Waals surface area (Å²) < 4.78 is 7.23. The number of ether oxygens (including phenoxy) is 1. The van der Waals surface area contributed by atoms with Gasteiger partial charge >= 0.3 is 6.09 Å². The number of thiophene rings is 1. The van der Waals surface area contributed by atoms with Crippen molar-refractivity contribution in [1.82, 2.24) is 9.88 Å². The molecule has 2 aromatic carbocycles. The Balaban J connectivity index is 1.62. The molecule has 6 nitrogen and oxygen atoms in total. The number of aromatic nitrogens is 1. The summed E-state index contributed by atoms with van der Waals surface area (Å²) in [6, 6.07) is 12.2. The lowest BCUT2D eigenvalue weighted by Crippen LogP contribution is -2.48. The van der Waals surface area contributed by atoms with Crippen molar-refractivity contribution in [3.05, 3.63) is 62.2 Å². The van der Waals surface area contributed by atoms with E-state index in [9.17, 15) is 14.7 Å². The zero-order valence-electron chi connectivity index (χ0n) is 20.1. The first-order valence-corrected chi connectivity index (χ1v) is 13.1. The number of halogens is 1. The predicted octanol–water partition coefficient (Wildman–Crippen LogP) is 6.99. The monoisotopic (exact) mass is 554 g/mol. The number of fused-ring (bicyclic) bond motifs is 3. The van der Waals surface area contributed by atoms with E-state index >= 15 is 0 Å². The summed E-state index contributed by atoms with van der Waals surface area (Å²) in [4.78, 5) is 29.1. The van der Waals surface area contributed by atoms with Gasteiger partial charge in [-0.25, -0.2) is 4.79 Å². The smallest absolute Gasteiger partial charge is 0.407 e. The Kier molecular flexibility index (Phi) is 5.72. The summed E-state index contributed by atoms with van der Waals surface area (Å²) in [6.07, 6.45) is 1.04. The number of nitrogens with one attached hydrogen (secondary N) is 1. The van der Waals surface area contributed by atoms with Crippen LogP contribution in [0.5, 0.6) is 5.75 Å². The fraction of sp³-hybridized carbons (Fsp3) is 0.333. The zero-order chi connectivity index (χ0) is 25.1. The predicted molar refractivity (Wildman–Crippen MR) is 145 cm³/mol. The van der Waals surface area contributed by atoms with E-state index in [0.717, 1.165) is 50.3 Å². The van der Waals surface area contributed by atoms with Gasteiger partial charge in [0.25, 0.3) is 5.56 Å². The quantitative estimate of drug-likeness (QED) is 0.278. The Morgan fingerprint density at radius 1 is 1.23 bits per heavy atom. The minimum Gasteiger partial charge on any atom is -0.496 e. The van der Waals surface area contributed by atoms with Crippen LogP contribution >= 0.6 is 27.3 Å². The van der Waals surface area contributed by atoms with E-state index in [1.165, 1.54) is 11.3 Å². The van der Waals surface area contributed by atoms with Crippen LogP contribution in [-0.4, -0.2) is 40.3 Å². The van der Waals surface area contributed by atoms with Crippen molar-refractivity contribution in [2.24, 2.45) is 0 Å². The van der Waals surface area contributed by atoms with Crippen molar-refractivity contribution in [3.8, 4) is 16.9 Å². The minimum atomic E-state index is -0.889. The largest absolute Gasteiger partial charge is 0.496 e. The SMILES string of the molecule is COc1cc(Br)c2[nH]c(=O)c3sccc3c2c1-c1ccc(C2(CN(C(=O)O)C(C)(C)C)CC2)cc1. The van der Waals surface area contributed by atoms with Gasteiger partial charge in [-0.05, 0) is 78.2 Å². The highest BCUT2D eigenvalue weighted by Crippen LogP contribution is 2.50. The summed E-state index contributed by atoms with van der Waals surface area (Å²) in [5.41, 5.74) is 3.06. The van der Waals surface area contributed by atoms with Crippen LogP contribution in [0.1, 0.15) is 39.2 Å². The van der Waals surface area contributed by atoms with Crippen LogP contribution in [0.25, 0.3) is 32.1 Å². The number of benzene rings is 2. The van der Waals surface area contributed by atoms with Crippen molar-refractivity contribution in [3.63, 3.8) is 0 Å². The van der Waals surface area contributed by atoms with Gasteiger partial charge in [-0.1, -0.05) is 24.3 Å². The number of nitrogens with zero attached hydrogens (tertiary/aromatic N) is 1. The molecule has 1 fully saturated rings. The molecule has 0 aliphatic heterocycles. The van der Waals surface area contributed by atoms with Crippen LogP contribution in [0.15, 0.2) is 51.0 Å². The highest BCUT2D eigenvalue weighted by molar-refractivity contribution is 9.10. The second-order valence-corrected chi connectivity index (χ2v) is 12.0. The molecular formula is C27H27BrN2O4S. The summed E-state index contributed by atoms with van der Waals surface area (Å²) in [5, 5.41) is 13.6. The lowest BCUT2D eigenvalue weighted by molar-refractivity contribution is 0.0934. The average molecular weight is 555 g/mol. The van der Waals surface area contributed by atoms with E-state index in [2.05, 4.69) is 45.2 Å². The van der Waals surface area contributed by atoms with Crippen LogP contribution in [0, 0.1) is 0 Å². The van der Waals surface area contributed by atoms with E-state index in [1.807, 2.05) is 38.3 Å². The molecule has 1 saturated carbocycles. The van der Waals surface area contributed by atoms with E-state index in [0.29, 0.717) is 17.0 Å². The van der Waals surface area contributed by atoms with Crippen molar-refractivity contribution in [2.75, 3.05) is 13.7 Å². The fourth-order valence-corrected chi connectivity index (χ4v) is 6.19. The Morgan fingerprint density at radius 2 is 1.91 bits per heavy atom. The molecule has 0 unspecified atom stereocenters. The van der Waals surface area contributed by atoms with Crippen LogP contribution < -0.4 is 10.3 Å². The molecule has 182 valence electrons. The summed E-state index contributed by atoms with van der Waals surface area (Å²) in [7, 11) is 1.65. The molecule has 2 heterocycles. The first-order chi connectivity index (χ1) is 16.6. The third kappa shape index (κ3) is 4.02. The summed E-state index contributed by atoms with van der Waals surface area (Å²) in [6.45, 7) is 6.27. The number of carboxylic acid groups (broad SMARTS) is 1. The molecule has 1 aliphatic rings. The lowest BCUT2D eigenvalue weighted by atomic mass is 9.90. The van der Waals surface area contributed by atoms with Gasteiger partial charge in [0.15, 0.2) is 0 Å².